The molecular weight excluding hydrogens is 317 g/mol. The van der Waals surface area contributed by atoms with E-state index in [2.05, 4.69) is 19.7 Å². The van der Waals surface area contributed by atoms with E-state index in [1.807, 2.05) is 0 Å². The summed E-state index contributed by atoms with van der Waals surface area (Å²) in [4.78, 5) is 23.8. The number of carbonyl (C=O) groups is 2. The fraction of sp³-hybridized carbons (Fsp3) is 0.643. The van der Waals surface area contributed by atoms with E-state index in [1.165, 1.54) is 7.11 Å². The van der Waals surface area contributed by atoms with Crippen molar-refractivity contribution in [2.24, 2.45) is 11.3 Å². The molecule has 1 atom stereocenters. The minimum absolute atomic E-state index is 0.0533. The molecule has 1 amide bonds. The second-order valence-electron chi connectivity index (χ2n) is 6.31. The summed E-state index contributed by atoms with van der Waals surface area (Å²) in [6.07, 6.45) is -1.26. The number of nitrogens with zero attached hydrogens (tertiary/aromatic N) is 1. The molecule has 1 aromatic heterocycles. The Labute approximate surface area is 129 Å². The summed E-state index contributed by atoms with van der Waals surface area (Å²) in [5.74, 6) is -2.18. The average Bonchev–Trinajstić information content (AvgIpc) is 2.88. The number of aromatic nitrogens is 1. The molecular formula is C14H15F3N2O4. The number of rotatable bonds is 5. The Morgan fingerprint density at radius 3 is 2.57 bits per heavy atom. The maximum absolute atomic E-state index is 12.5. The van der Waals surface area contributed by atoms with Gasteiger partial charge < -0.3 is 14.6 Å². The van der Waals surface area contributed by atoms with Crippen molar-refractivity contribution in [3.63, 3.8) is 0 Å². The number of amides is 1. The van der Waals surface area contributed by atoms with Gasteiger partial charge in [-0.1, -0.05) is 5.16 Å². The molecule has 0 radical (unpaired) electrons. The number of alkyl halides is 3. The lowest BCUT2D eigenvalue weighted by atomic mass is 9.43. The molecule has 3 fully saturated rings. The first kappa shape index (κ1) is 15.8. The minimum atomic E-state index is -4.72. The van der Waals surface area contributed by atoms with Crippen LogP contribution in [0.1, 0.15) is 41.9 Å². The Morgan fingerprint density at radius 2 is 2.13 bits per heavy atom. The maximum atomic E-state index is 12.5. The Kier molecular flexibility index (Phi) is 3.61. The van der Waals surface area contributed by atoms with Crippen molar-refractivity contribution in [1.82, 2.24) is 10.5 Å². The predicted octanol–water partition coefficient (Wildman–Crippen LogP) is 2.16. The third-order valence-corrected chi connectivity index (χ3v) is 4.62. The highest BCUT2D eigenvalue weighted by Crippen LogP contribution is 2.66. The molecule has 6 nitrogen and oxygen atoms in total. The monoisotopic (exact) mass is 332 g/mol. The number of esters is 1. The zero-order chi connectivity index (χ0) is 16.8. The van der Waals surface area contributed by atoms with E-state index in [0.29, 0.717) is 18.4 Å². The Balaban J connectivity index is 1.67. The molecule has 1 aromatic rings. The van der Waals surface area contributed by atoms with Crippen molar-refractivity contribution in [3.8, 4) is 0 Å². The van der Waals surface area contributed by atoms with Crippen LogP contribution in [0.4, 0.5) is 13.2 Å². The van der Waals surface area contributed by atoms with Gasteiger partial charge in [-0.2, -0.15) is 13.2 Å². The molecule has 0 aliphatic heterocycles. The van der Waals surface area contributed by atoms with E-state index in [1.54, 1.807) is 0 Å². The van der Waals surface area contributed by atoms with Gasteiger partial charge in [0.2, 0.25) is 5.76 Å². The molecule has 0 unspecified atom stereocenters. The van der Waals surface area contributed by atoms with Crippen LogP contribution in [-0.2, 0) is 15.7 Å². The van der Waals surface area contributed by atoms with Gasteiger partial charge in [-0.25, -0.2) is 4.79 Å². The highest BCUT2D eigenvalue weighted by atomic mass is 19.4. The van der Waals surface area contributed by atoms with Crippen LogP contribution in [0.25, 0.3) is 0 Å². The van der Waals surface area contributed by atoms with E-state index >= 15 is 0 Å². The van der Waals surface area contributed by atoms with Gasteiger partial charge in [-0.15, -0.1) is 0 Å². The van der Waals surface area contributed by atoms with Gasteiger partial charge in [0, 0.05) is 6.07 Å². The van der Waals surface area contributed by atoms with E-state index < -0.39 is 35.5 Å². The lowest BCUT2D eigenvalue weighted by Crippen LogP contribution is -2.56. The lowest BCUT2D eigenvalue weighted by Gasteiger charge is -2.62. The van der Waals surface area contributed by atoms with Crippen LogP contribution in [0.15, 0.2) is 10.6 Å². The Bertz CT molecular complexity index is 623. The highest BCUT2D eigenvalue weighted by Gasteiger charge is 2.57. The number of nitrogens with one attached hydrogen (secondary N) is 1. The highest BCUT2D eigenvalue weighted by molar-refractivity contribution is 5.95. The molecule has 126 valence electrons. The predicted molar refractivity (Wildman–Crippen MR) is 69.2 cm³/mol. The first-order valence-corrected chi connectivity index (χ1v) is 7.15. The standard InChI is InChI=1S/C14H15F3N2O4/c1-22-12(21)9(6-13-3-7(4-13)5-13)18-11(20)8-2-10(23-19-8)14(15,16)17/h2,7,9H,3-6H2,1H3,(H,18,20)/t7?,9-,13?/m0/s1. The molecule has 0 spiro atoms. The van der Waals surface area contributed by atoms with Crippen LogP contribution in [0, 0.1) is 11.3 Å². The fourth-order valence-electron chi connectivity index (χ4n) is 3.42. The van der Waals surface area contributed by atoms with Gasteiger partial charge in [0.25, 0.3) is 5.91 Å². The summed E-state index contributed by atoms with van der Waals surface area (Å²) in [6, 6.07) is -0.398. The van der Waals surface area contributed by atoms with Gasteiger partial charge in [-0.3, -0.25) is 4.79 Å². The average molecular weight is 332 g/mol. The smallest absolute Gasteiger partial charge is 0.452 e. The second-order valence-corrected chi connectivity index (χ2v) is 6.31. The first-order chi connectivity index (χ1) is 10.7. The zero-order valence-electron chi connectivity index (χ0n) is 12.3. The summed E-state index contributed by atoms with van der Waals surface area (Å²) >= 11 is 0. The quantitative estimate of drug-likeness (QED) is 0.836. The maximum Gasteiger partial charge on any atom is 0.452 e. The van der Waals surface area contributed by atoms with Gasteiger partial charge in [-0.05, 0) is 37.0 Å². The molecule has 0 saturated heterocycles. The van der Waals surface area contributed by atoms with Gasteiger partial charge >= 0.3 is 12.1 Å². The van der Waals surface area contributed by atoms with Crippen LogP contribution < -0.4 is 5.32 Å². The molecule has 9 heteroatoms. The minimum Gasteiger partial charge on any atom is -0.467 e. The number of carbonyl (C=O) groups excluding carboxylic acids is 2. The SMILES string of the molecule is COC(=O)[C@H](CC12CC(C1)C2)NC(=O)c1cc(C(F)(F)F)on1. The van der Waals surface area contributed by atoms with Crippen molar-refractivity contribution < 1.29 is 32.0 Å². The number of methoxy groups -OCH3 is 1. The van der Waals surface area contributed by atoms with E-state index in [9.17, 15) is 22.8 Å². The second kappa shape index (κ2) is 5.24. The van der Waals surface area contributed by atoms with Gasteiger partial charge in [0.05, 0.1) is 7.11 Å². The third-order valence-electron chi connectivity index (χ3n) is 4.62. The van der Waals surface area contributed by atoms with Crippen molar-refractivity contribution in [2.75, 3.05) is 7.11 Å². The van der Waals surface area contributed by atoms with Crippen molar-refractivity contribution in [1.29, 1.82) is 0 Å². The van der Waals surface area contributed by atoms with E-state index in [-0.39, 0.29) is 5.41 Å². The van der Waals surface area contributed by atoms with Crippen LogP contribution in [0.5, 0.6) is 0 Å². The number of hydrogen-bond acceptors (Lipinski definition) is 5. The number of ether oxygens (including phenoxy) is 1. The molecule has 3 aliphatic rings. The zero-order valence-corrected chi connectivity index (χ0v) is 12.3. The van der Waals surface area contributed by atoms with Gasteiger partial charge in [0.1, 0.15) is 6.04 Å². The summed E-state index contributed by atoms with van der Waals surface area (Å²) in [7, 11) is 1.20. The fourth-order valence-corrected chi connectivity index (χ4v) is 3.42. The van der Waals surface area contributed by atoms with E-state index in [4.69, 9.17) is 0 Å². The largest absolute Gasteiger partial charge is 0.467 e. The molecule has 1 N–H and O–H groups in total. The molecule has 4 rings (SSSR count). The summed E-state index contributed by atoms with van der Waals surface area (Å²) in [5, 5.41) is 5.50. The molecule has 2 bridgehead atoms. The summed E-state index contributed by atoms with van der Waals surface area (Å²) < 4.78 is 46.1. The van der Waals surface area contributed by atoms with E-state index in [0.717, 1.165) is 19.3 Å². The number of hydrogen-bond donors (Lipinski definition) is 1. The molecule has 1 heterocycles. The van der Waals surface area contributed by atoms with Crippen LogP contribution in [0.2, 0.25) is 0 Å². The normalized spacial score (nSPS) is 26.7. The summed E-state index contributed by atoms with van der Waals surface area (Å²) in [6.45, 7) is 0. The van der Waals surface area contributed by atoms with Gasteiger partial charge in [0.15, 0.2) is 5.69 Å². The molecule has 23 heavy (non-hydrogen) atoms. The molecule has 0 aromatic carbocycles. The van der Waals surface area contributed by atoms with Crippen LogP contribution >= 0.6 is 0 Å². The third kappa shape index (κ3) is 2.91. The lowest BCUT2D eigenvalue weighted by molar-refractivity contribution is -0.155. The topological polar surface area (TPSA) is 81.4 Å². The summed E-state index contributed by atoms with van der Waals surface area (Å²) in [5.41, 5.74) is -0.471. The number of halogens is 3. The Morgan fingerprint density at radius 1 is 1.48 bits per heavy atom. The van der Waals surface area contributed by atoms with Crippen LogP contribution in [0.3, 0.4) is 0 Å². The van der Waals surface area contributed by atoms with Crippen LogP contribution in [-0.4, -0.2) is 30.2 Å². The van der Waals surface area contributed by atoms with Crippen molar-refractivity contribution in [2.45, 2.75) is 37.9 Å². The van der Waals surface area contributed by atoms with Crippen molar-refractivity contribution >= 4 is 11.9 Å². The Hall–Kier alpha value is -2.06. The molecule has 3 aliphatic carbocycles. The van der Waals surface area contributed by atoms with Crippen molar-refractivity contribution in [3.05, 3.63) is 17.5 Å². The molecule has 3 saturated carbocycles. The first-order valence-electron chi connectivity index (χ1n) is 7.15.